The van der Waals surface area contributed by atoms with E-state index >= 15 is 0 Å². The van der Waals surface area contributed by atoms with E-state index in [0.29, 0.717) is 0 Å². The van der Waals surface area contributed by atoms with Crippen LogP contribution in [0.1, 0.15) is 6.42 Å². The van der Waals surface area contributed by atoms with Crippen LogP contribution in [0.5, 0.6) is 0 Å². The lowest BCUT2D eigenvalue weighted by atomic mass is 10.1. The van der Waals surface area contributed by atoms with Crippen LogP contribution in [-0.2, 0) is 9.53 Å². The van der Waals surface area contributed by atoms with Crippen molar-refractivity contribution in [2.45, 2.75) is 6.42 Å². The van der Waals surface area contributed by atoms with Crippen molar-refractivity contribution in [3.63, 3.8) is 0 Å². The average Bonchev–Trinajstić information content (AvgIpc) is 2.46. The zero-order valence-corrected chi connectivity index (χ0v) is 12.1. The summed E-state index contributed by atoms with van der Waals surface area (Å²) < 4.78 is 4.79. The molecule has 1 saturated heterocycles. The number of likely N-dealkylation sites (N-methyl/N-ethyl adjacent to an activating group) is 1. The van der Waals surface area contributed by atoms with Crippen LogP contribution in [0.25, 0.3) is 0 Å². The maximum absolute atomic E-state index is 11.5. The van der Waals surface area contributed by atoms with E-state index in [9.17, 15) is 4.79 Å². The summed E-state index contributed by atoms with van der Waals surface area (Å²) in [6.07, 6.45) is 2.96. The minimum atomic E-state index is -0.177. The number of nitrogens with zero attached hydrogens (tertiary/aromatic N) is 3. The van der Waals surface area contributed by atoms with E-state index in [1.807, 2.05) is 6.08 Å². The third-order valence-corrected chi connectivity index (χ3v) is 4.01. The Hall–Kier alpha value is -0.910. The first-order chi connectivity index (χ1) is 9.19. The third-order valence-electron chi connectivity index (χ3n) is 4.01. The second-order valence-electron chi connectivity index (χ2n) is 5.43. The van der Waals surface area contributed by atoms with E-state index in [-0.39, 0.29) is 5.97 Å². The van der Waals surface area contributed by atoms with Gasteiger partial charge in [-0.2, -0.15) is 0 Å². The van der Waals surface area contributed by atoms with Crippen LogP contribution in [0.2, 0.25) is 0 Å². The number of methoxy groups -OCH3 is 1. The molecule has 5 heteroatoms. The van der Waals surface area contributed by atoms with Gasteiger partial charge in [0.2, 0.25) is 0 Å². The maximum atomic E-state index is 11.5. The Morgan fingerprint density at radius 1 is 1.16 bits per heavy atom. The van der Waals surface area contributed by atoms with Gasteiger partial charge < -0.3 is 9.64 Å². The topological polar surface area (TPSA) is 36.0 Å². The molecule has 1 fully saturated rings. The fraction of sp³-hybridized carbons (Fsp3) is 0.786. The third kappa shape index (κ3) is 4.30. The molecule has 19 heavy (non-hydrogen) atoms. The SMILES string of the molecule is COC(=O)C1=CCCN(CCN2CCN(C)CC2)C1. The van der Waals surface area contributed by atoms with Crippen LogP contribution < -0.4 is 0 Å². The number of carbonyl (C=O) groups is 1. The molecule has 2 rings (SSSR count). The number of hydrogen-bond acceptors (Lipinski definition) is 5. The zero-order chi connectivity index (χ0) is 13.7. The summed E-state index contributed by atoms with van der Waals surface area (Å²) >= 11 is 0. The van der Waals surface area contributed by atoms with E-state index in [1.165, 1.54) is 7.11 Å². The van der Waals surface area contributed by atoms with Crippen molar-refractivity contribution < 1.29 is 9.53 Å². The van der Waals surface area contributed by atoms with Crippen LogP contribution in [0, 0.1) is 0 Å². The monoisotopic (exact) mass is 267 g/mol. The average molecular weight is 267 g/mol. The summed E-state index contributed by atoms with van der Waals surface area (Å²) in [5, 5.41) is 0. The van der Waals surface area contributed by atoms with Crippen LogP contribution in [0.4, 0.5) is 0 Å². The highest BCUT2D eigenvalue weighted by Gasteiger charge is 2.20. The van der Waals surface area contributed by atoms with Gasteiger partial charge in [-0.3, -0.25) is 9.80 Å². The second-order valence-corrected chi connectivity index (χ2v) is 5.43. The van der Waals surface area contributed by atoms with Crippen molar-refractivity contribution in [3.05, 3.63) is 11.6 Å². The van der Waals surface area contributed by atoms with Gasteiger partial charge in [-0.05, 0) is 13.5 Å². The molecule has 0 unspecified atom stereocenters. The molecule has 0 spiro atoms. The molecule has 108 valence electrons. The second kappa shape index (κ2) is 7.03. The summed E-state index contributed by atoms with van der Waals surface area (Å²) in [4.78, 5) is 18.8. The summed E-state index contributed by atoms with van der Waals surface area (Å²) in [5.74, 6) is -0.177. The normalized spacial score (nSPS) is 23.2. The highest BCUT2D eigenvalue weighted by Crippen LogP contribution is 2.11. The maximum Gasteiger partial charge on any atom is 0.334 e. The minimum Gasteiger partial charge on any atom is -0.466 e. The van der Waals surface area contributed by atoms with Crippen molar-refractivity contribution in [1.82, 2.24) is 14.7 Å². The number of carbonyl (C=O) groups excluding carboxylic acids is 1. The van der Waals surface area contributed by atoms with Gasteiger partial charge in [0.05, 0.1) is 7.11 Å². The smallest absolute Gasteiger partial charge is 0.334 e. The molecule has 0 bridgehead atoms. The quantitative estimate of drug-likeness (QED) is 0.672. The van der Waals surface area contributed by atoms with Gasteiger partial charge in [0.15, 0.2) is 0 Å². The molecule has 0 N–H and O–H groups in total. The Morgan fingerprint density at radius 3 is 2.53 bits per heavy atom. The number of esters is 1. The first-order valence-corrected chi connectivity index (χ1v) is 7.09. The Bertz CT molecular complexity index is 336. The summed E-state index contributed by atoms with van der Waals surface area (Å²) in [6, 6.07) is 0. The Kier molecular flexibility index (Phi) is 5.36. The predicted octanol–water partition coefficient (Wildman–Crippen LogP) is 0.0389. The van der Waals surface area contributed by atoms with Gasteiger partial charge in [-0.25, -0.2) is 4.79 Å². The van der Waals surface area contributed by atoms with Gasteiger partial charge >= 0.3 is 5.97 Å². The zero-order valence-electron chi connectivity index (χ0n) is 12.1. The molecule has 0 atom stereocenters. The van der Waals surface area contributed by atoms with Crippen LogP contribution in [0.3, 0.4) is 0 Å². The van der Waals surface area contributed by atoms with Crippen LogP contribution in [-0.4, -0.2) is 87.2 Å². The van der Waals surface area contributed by atoms with E-state index < -0.39 is 0 Å². The van der Waals surface area contributed by atoms with Crippen LogP contribution in [0.15, 0.2) is 11.6 Å². The molecule has 2 aliphatic rings. The Morgan fingerprint density at radius 2 is 1.84 bits per heavy atom. The van der Waals surface area contributed by atoms with E-state index in [2.05, 4.69) is 21.7 Å². The molecule has 5 nitrogen and oxygen atoms in total. The molecule has 0 radical (unpaired) electrons. The molecule has 0 amide bonds. The van der Waals surface area contributed by atoms with Crippen molar-refractivity contribution in [3.8, 4) is 0 Å². The number of hydrogen-bond donors (Lipinski definition) is 0. The minimum absolute atomic E-state index is 0.177. The fourth-order valence-electron chi connectivity index (χ4n) is 2.63. The first-order valence-electron chi connectivity index (χ1n) is 7.09. The summed E-state index contributed by atoms with van der Waals surface area (Å²) in [5.41, 5.74) is 0.812. The van der Waals surface area contributed by atoms with E-state index in [1.54, 1.807) is 0 Å². The van der Waals surface area contributed by atoms with Gasteiger partial charge in [-0.15, -0.1) is 0 Å². The molecule has 0 saturated carbocycles. The summed E-state index contributed by atoms with van der Waals surface area (Å²) in [7, 11) is 3.63. The Labute approximate surface area is 115 Å². The largest absolute Gasteiger partial charge is 0.466 e. The number of rotatable bonds is 4. The lowest BCUT2D eigenvalue weighted by molar-refractivity contribution is -0.136. The molecule has 2 heterocycles. The summed E-state index contributed by atoms with van der Waals surface area (Å²) in [6.45, 7) is 8.56. The standard InChI is InChI=1S/C14H25N3O2/c1-15-6-8-16(9-7-15)10-11-17-5-3-4-13(12-17)14(18)19-2/h4H,3,5-12H2,1-2H3. The lowest BCUT2D eigenvalue weighted by Crippen LogP contribution is -2.47. The first kappa shape index (κ1) is 14.5. The molecule has 0 aromatic carbocycles. The fourth-order valence-corrected chi connectivity index (χ4v) is 2.63. The molecule has 0 aromatic heterocycles. The van der Waals surface area contributed by atoms with Crippen molar-refractivity contribution in [2.75, 3.05) is 66.5 Å². The number of ether oxygens (including phenoxy) is 1. The number of piperazine rings is 1. The molecular weight excluding hydrogens is 242 g/mol. The van der Waals surface area contributed by atoms with E-state index in [4.69, 9.17) is 4.74 Å². The highest BCUT2D eigenvalue weighted by atomic mass is 16.5. The van der Waals surface area contributed by atoms with Crippen molar-refractivity contribution in [1.29, 1.82) is 0 Å². The van der Waals surface area contributed by atoms with E-state index in [0.717, 1.165) is 64.4 Å². The van der Waals surface area contributed by atoms with Gasteiger partial charge in [0, 0.05) is 57.9 Å². The van der Waals surface area contributed by atoms with Crippen molar-refractivity contribution in [2.24, 2.45) is 0 Å². The van der Waals surface area contributed by atoms with Gasteiger partial charge in [0.25, 0.3) is 0 Å². The lowest BCUT2D eigenvalue weighted by Gasteiger charge is -2.34. The molecule has 2 aliphatic heterocycles. The van der Waals surface area contributed by atoms with Gasteiger partial charge in [0.1, 0.15) is 0 Å². The van der Waals surface area contributed by atoms with Gasteiger partial charge in [-0.1, -0.05) is 6.08 Å². The Balaban J connectivity index is 1.72. The van der Waals surface area contributed by atoms with Crippen LogP contribution >= 0.6 is 0 Å². The molecular formula is C14H25N3O2. The van der Waals surface area contributed by atoms with Crippen molar-refractivity contribution >= 4 is 5.97 Å². The highest BCUT2D eigenvalue weighted by molar-refractivity contribution is 5.88. The predicted molar refractivity (Wildman–Crippen MR) is 75.1 cm³/mol. The molecule has 0 aliphatic carbocycles. The molecule has 0 aromatic rings.